The molecular weight excluding hydrogens is 357 g/mol. The minimum absolute atomic E-state index is 0.124. The Bertz CT molecular complexity index is 987. The second-order valence-corrected chi connectivity index (χ2v) is 6.22. The van der Waals surface area contributed by atoms with Crippen LogP contribution in [0.3, 0.4) is 0 Å². The van der Waals surface area contributed by atoms with Gasteiger partial charge in [-0.3, -0.25) is 4.98 Å². The lowest BCUT2D eigenvalue weighted by Crippen LogP contribution is -2.08. The van der Waals surface area contributed by atoms with Crippen LogP contribution < -0.4 is 14.8 Å². The normalized spacial score (nSPS) is 11.4. The van der Waals surface area contributed by atoms with Gasteiger partial charge in [-0.05, 0) is 60.5 Å². The van der Waals surface area contributed by atoms with Crippen molar-refractivity contribution in [2.45, 2.75) is 19.6 Å². The monoisotopic (exact) mass is 377 g/mol. The van der Waals surface area contributed by atoms with Crippen molar-refractivity contribution in [2.75, 3.05) is 12.4 Å². The molecule has 1 aromatic heterocycles. The Hall–Kier alpha value is -3.59. The predicted octanol–water partition coefficient (Wildman–Crippen LogP) is 4.85. The number of hydrogen-bond acceptors (Lipinski definition) is 5. The van der Waals surface area contributed by atoms with E-state index in [0.29, 0.717) is 23.8 Å². The molecule has 1 atom stereocenters. The van der Waals surface area contributed by atoms with Crippen molar-refractivity contribution in [2.24, 2.45) is 0 Å². The lowest BCUT2D eigenvalue weighted by molar-refractivity contribution is 0.284. The fourth-order valence-electron chi connectivity index (χ4n) is 2.76. The topological polar surface area (TPSA) is 67.2 Å². The van der Waals surface area contributed by atoms with Gasteiger partial charge in [0, 0.05) is 18.4 Å². The first-order valence-corrected chi connectivity index (χ1v) is 8.76. The Morgan fingerprint density at radius 3 is 2.61 bits per heavy atom. The molecule has 28 heavy (non-hydrogen) atoms. The summed E-state index contributed by atoms with van der Waals surface area (Å²) in [5.74, 6) is 0.807. The van der Waals surface area contributed by atoms with E-state index in [1.165, 1.54) is 12.1 Å². The third-order valence-electron chi connectivity index (χ3n) is 4.31. The van der Waals surface area contributed by atoms with Gasteiger partial charge in [0.1, 0.15) is 18.5 Å². The average Bonchev–Trinajstić information content (AvgIpc) is 2.74. The summed E-state index contributed by atoms with van der Waals surface area (Å²) in [7, 11) is 1.59. The van der Waals surface area contributed by atoms with E-state index in [4.69, 9.17) is 9.47 Å². The first-order valence-electron chi connectivity index (χ1n) is 8.76. The molecule has 3 rings (SSSR count). The van der Waals surface area contributed by atoms with Crippen molar-refractivity contribution in [1.29, 1.82) is 5.26 Å². The van der Waals surface area contributed by atoms with Crippen molar-refractivity contribution < 1.29 is 13.9 Å². The standard InChI is InChI=1S/C22H20FN3O2/c1-15(26-20-5-4-19(23)11-18(20)13-24)17-3-6-21(22(12-17)27-2)28-14-16-7-9-25-10-8-16/h3-12,15,26H,14H2,1-2H3. The number of rotatable bonds is 7. The van der Waals surface area contributed by atoms with Crippen molar-refractivity contribution in [3.8, 4) is 17.6 Å². The summed E-state index contributed by atoms with van der Waals surface area (Å²) >= 11 is 0. The van der Waals surface area contributed by atoms with Crippen LogP contribution in [-0.4, -0.2) is 12.1 Å². The van der Waals surface area contributed by atoms with Crippen LogP contribution in [0.5, 0.6) is 11.5 Å². The number of anilines is 1. The smallest absolute Gasteiger partial charge is 0.161 e. The Balaban J connectivity index is 1.75. The largest absolute Gasteiger partial charge is 0.493 e. The highest BCUT2D eigenvalue weighted by Gasteiger charge is 2.13. The average molecular weight is 377 g/mol. The fourth-order valence-corrected chi connectivity index (χ4v) is 2.76. The van der Waals surface area contributed by atoms with Crippen LogP contribution in [0.1, 0.15) is 29.7 Å². The highest BCUT2D eigenvalue weighted by molar-refractivity contribution is 5.58. The van der Waals surface area contributed by atoms with Crippen LogP contribution in [0.4, 0.5) is 10.1 Å². The number of halogens is 1. The van der Waals surface area contributed by atoms with Gasteiger partial charge in [0.15, 0.2) is 11.5 Å². The highest BCUT2D eigenvalue weighted by atomic mass is 19.1. The zero-order valence-electron chi connectivity index (χ0n) is 15.6. The molecule has 0 aliphatic rings. The zero-order valence-corrected chi connectivity index (χ0v) is 15.6. The van der Waals surface area contributed by atoms with Crippen molar-refractivity contribution >= 4 is 5.69 Å². The third kappa shape index (κ3) is 4.57. The molecule has 1 heterocycles. The molecule has 0 aliphatic heterocycles. The first kappa shape index (κ1) is 19.2. The maximum atomic E-state index is 13.3. The summed E-state index contributed by atoms with van der Waals surface area (Å²) in [6, 6.07) is 15.4. The molecule has 0 spiro atoms. The maximum absolute atomic E-state index is 13.3. The molecule has 1 unspecified atom stereocenters. The third-order valence-corrected chi connectivity index (χ3v) is 4.31. The summed E-state index contributed by atoms with van der Waals surface area (Å²) in [4.78, 5) is 3.99. The molecule has 0 saturated heterocycles. The Morgan fingerprint density at radius 1 is 1.11 bits per heavy atom. The number of aromatic nitrogens is 1. The van der Waals surface area contributed by atoms with Crippen molar-refractivity contribution in [3.05, 3.63) is 83.4 Å². The van der Waals surface area contributed by atoms with Gasteiger partial charge in [-0.15, -0.1) is 0 Å². The first-order chi connectivity index (χ1) is 13.6. The Kier molecular flexibility index (Phi) is 6.07. The van der Waals surface area contributed by atoms with E-state index in [2.05, 4.69) is 10.3 Å². The fraction of sp³-hybridized carbons (Fsp3) is 0.182. The second-order valence-electron chi connectivity index (χ2n) is 6.22. The molecule has 0 fully saturated rings. The van der Waals surface area contributed by atoms with Crippen LogP contribution in [0.2, 0.25) is 0 Å². The Morgan fingerprint density at radius 2 is 1.89 bits per heavy atom. The van der Waals surface area contributed by atoms with Gasteiger partial charge in [0.2, 0.25) is 0 Å². The molecule has 0 aliphatic carbocycles. The number of nitrogens with zero attached hydrogens (tertiary/aromatic N) is 2. The van der Waals surface area contributed by atoms with E-state index < -0.39 is 5.82 Å². The number of hydrogen-bond donors (Lipinski definition) is 1. The van der Waals surface area contributed by atoms with Crippen LogP contribution in [0.25, 0.3) is 0 Å². The Labute approximate surface area is 163 Å². The predicted molar refractivity (Wildman–Crippen MR) is 105 cm³/mol. The lowest BCUT2D eigenvalue weighted by atomic mass is 10.1. The van der Waals surface area contributed by atoms with Gasteiger partial charge in [-0.2, -0.15) is 5.26 Å². The maximum Gasteiger partial charge on any atom is 0.161 e. The molecule has 0 saturated carbocycles. The molecule has 6 heteroatoms. The van der Waals surface area contributed by atoms with Gasteiger partial charge in [0.05, 0.1) is 18.4 Å². The van der Waals surface area contributed by atoms with Gasteiger partial charge in [0.25, 0.3) is 0 Å². The van der Waals surface area contributed by atoms with Gasteiger partial charge < -0.3 is 14.8 Å². The summed E-state index contributed by atoms with van der Waals surface area (Å²) in [6.45, 7) is 2.37. The minimum atomic E-state index is -0.438. The van der Waals surface area contributed by atoms with Crippen molar-refractivity contribution in [1.82, 2.24) is 4.98 Å². The number of nitrogens with one attached hydrogen (secondary N) is 1. The van der Waals surface area contributed by atoms with Gasteiger partial charge in [-0.25, -0.2) is 4.39 Å². The van der Waals surface area contributed by atoms with Crippen LogP contribution >= 0.6 is 0 Å². The van der Waals surface area contributed by atoms with E-state index >= 15 is 0 Å². The van der Waals surface area contributed by atoms with E-state index in [1.807, 2.05) is 43.3 Å². The van der Waals surface area contributed by atoms with Crippen LogP contribution in [0.15, 0.2) is 60.9 Å². The summed E-state index contributed by atoms with van der Waals surface area (Å²) in [5, 5.41) is 12.4. The number of ether oxygens (including phenoxy) is 2. The molecule has 3 aromatic rings. The van der Waals surface area contributed by atoms with Crippen LogP contribution in [-0.2, 0) is 6.61 Å². The second kappa shape index (κ2) is 8.87. The summed E-state index contributed by atoms with van der Waals surface area (Å²) in [5.41, 5.74) is 2.79. The molecule has 0 bridgehead atoms. The van der Waals surface area contributed by atoms with E-state index in [1.54, 1.807) is 25.6 Å². The molecule has 142 valence electrons. The summed E-state index contributed by atoms with van der Waals surface area (Å²) in [6.07, 6.45) is 3.44. The number of pyridine rings is 1. The molecule has 1 N–H and O–H groups in total. The summed E-state index contributed by atoms with van der Waals surface area (Å²) < 4.78 is 24.6. The number of benzene rings is 2. The molecular formula is C22H20FN3O2. The zero-order chi connectivity index (χ0) is 19.9. The molecule has 0 amide bonds. The minimum Gasteiger partial charge on any atom is -0.493 e. The lowest BCUT2D eigenvalue weighted by Gasteiger charge is -2.19. The van der Waals surface area contributed by atoms with Crippen molar-refractivity contribution in [3.63, 3.8) is 0 Å². The number of methoxy groups -OCH3 is 1. The molecule has 2 aromatic carbocycles. The number of nitriles is 1. The highest BCUT2D eigenvalue weighted by Crippen LogP contribution is 2.32. The molecule has 5 nitrogen and oxygen atoms in total. The van der Waals surface area contributed by atoms with Gasteiger partial charge >= 0.3 is 0 Å². The van der Waals surface area contributed by atoms with Gasteiger partial charge in [-0.1, -0.05) is 6.07 Å². The molecule has 0 radical (unpaired) electrons. The van der Waals surface area contributed by atoms with E-state index in [9.17, 15) is 9.65 Å². The van der Waals surface area contributed by atoms with E-state index in [0.717, 1.165) is 11.1 Å². The quantitative estimate of drug-likeness (QED) is 0.637. The SMILES string of the molecule is COc1cc(C(C)Nc2ccc(F)cc2C#N)ccc1OCc1ccncc1. The van der Waals surface area contributed by atoms with E-state index in [-0.39, 0.29) is 11.6 Å². The van der Waals surface area contributed by atoms with Crippen LogP contribution in [0, 0.1) is 17.1 Å².